The standard InChI is InChI=1S/C58H78N8O7/c1-13-64-48-22-21-43(34-45(48)46(35-56(6,7)37-73-40(5)67)52(64)44-20-17-27-59-50(44)39(4)72-12)42-19-16-18-41(32-42)33-47(54(70)66-29-15-14-28-60-66)61-53(69)51(38(2)3)65-31-26-58(55(65)71)25-30-63(36-58)49(68)23-24-57(8,9)62(10)11/h16-22,27,32,34,38-39,47,51,60H,13-15,25-26,28-31,33,35-37H2,1-12H3,(H,61,69)/t39-,47-,51-,58+/m0/s1. The number of pyridine rings is 1. The highest BCUT2D eigenvalue weighted by Gasteiger charge is 2.54. The van der Waals surface area contributed by atoms with Gasteiger partial charge in [-0.05, 0) is 132 Å². The van der Waals surface area contributed by atoms with Crippen LogP contribution >= 0.6 is 0 Å². The number of carbonyl (C=O) groups excluding carboxylic acids is 5. The van der Waals surface area contributed by atoms with Crippen LogP contribution in [0.15, 0.2) is 60.8 Å². The normalized spacial score (nSPS) is 18.6. The van der Waals surface area contributed by atoms with Crippen molar-refractivity contribution in [2.24, 2.45) is 16.7 Å². The molecule has 3 fully saturated rings. The fourth-order valence-corrected chi connectivity index (χ4v) is 10.7. The van der Waals surface area contributed by atoms with E-state index in [-0.39, 0.29) is 61.2 Å². The summed E-state index contributed by atoms with van der Waals surface area (Å²) < 4.78 is 13.8. The largest absolute Gasteiger partial charge is 0.465 e. The van der Waals surface area contributed by atoms with Gasteiger partial charge in [-0.25, -0.2) is 5.43 Å². The molecule has 2 aromatic heterocycles. The third kappa shape index (κ3) is 12.0. The minimum Gasteiger partial charge on any atom is -0.465 e. The molecular formula is C58H78N8O7. The Morgan fingerprint density at radius 3 is 2.37 bits per heavy atom. The van der Waals surface area contributed by atoms with Crippen LogP contribution in [0.25, 0.3) is 33.3 Å². The Balaban J connectivity index is 1.19. The molecule has 0 saturated carbocycles. The first kappa shape index (κ1) is 54.7. The lowest BCUT2D eigenvalue weighted by Gasteiger charge is -2.35. The molecule has 4 atom stereocenters. The second-order valence-electron chi connectivity index (χ2n) is 22.2. The zero-order chi connectivity index (χ0) is 53.0. The van der Waals surface area contributed by atoms with Crippen molar-refractivity contribution in [3.8, 4) is 34.2 Å². The molecule has 3 aliphatic rings. The van der Waals surface area contributed by atoms with E-state index >= 15 is 0 Å². The van der Waals surface area contributed by atoms with Gasteiger partial charge >= 0.3 is 5.97 Å². The lowest BCUT2D eigenvalue weighted by Crippen LogP contribution is -2.59. The number of methoxy groups -OCH3 is 1. The third-order valence-corrected chi connectivity index (χ3v) is 15.3. The molecule has 0 bridgehead atoms. The smallest absolute Gasteiger partial charge is 0.302 e. The molecule has 3 aliphatic heterocycles. The average Bonchev–Trinajstić information content (AvgIpc) is 4.04. The summed E-state index contributed by atoms with van der Waals surface area (Å²) in [5.74, 6) is 4.28. The Bertz CT molecular complexity index is 2760. The maximum Gasteiger partial charge on any atom is 0.302 e. The number of benzene rings is 2. The van der Waals surface area contributed by atoms with Crippen LogP contribution in [-0.2, 0) is 52.8 Å². The van der Waals surface area contributed by atoms with Crippen LogP contribution in [-0.4, -0.2) is 137 Å². The van der Waals surface area contributed by atoms with E-state index in [1.165, 1.54) is 6.92 Å². The molecule has 0 aliphatic carbocycles. The number of carbonyl (C=O) groups is 5. The second-order valence-corrected chi connectivity index (χ2v) is 22.2. The molecule has 4 aromatic rings. The SMILES string of the molecule is CCn1c(-c2cccnc2[C@H](C)OC)c(CC(C)(C)COC(C)=O)c2cc(-c3cccc(C[C@H](NC(=O)[C@H](C(C)C)N4CC[C@@]5(CCN(C(=O)C#CC(C)(C)N(C)C)C5)C4=O)C(=O)N4CCCCN4)c3)ccc21. The number of aromatic nitrogens is 2. The van der Waals surface area contributed by atoms with Gasteiger partial charge in [-0.2, -0.15) is 0 Å². The zero-order valence-electron chi connectivity index (χ0n) is 45.3. The maximum absolute atomic E-state index is 14.7. The van der Waals surface area contributed by atoms with Crippen molar-refractivity contribution < 1.29 is 33.4 Å². The number of esters is 1. The summed E-state index contributed by atoms with van der Waals surface area (Å²) in [6.45, 7) is 20.7. The molecule has 2 N–H and O–H groups in total. The van der Waals surface area contributed by atoms with Crippen LogP contribution in [0.5, 0.6) is 0 Å². The van der Waals surface area contributed by atoms with E-state index in [0.29, 0.717) is 52.0 Å². The molecule has 1 spiro atoms. The molecule has 3 saturated heterocycles. The first-order chi connectivity index (χ1) is 34.6. The highest BCUT2D eigenvalue weighted by Crippen LogP contribution is 2.44. The zero-order valence-corrected chi connectivity index (χ0v) is 45.3. The van der Waals surface area contributed by atoms with Gasteiger partial charge in [-0.3, -0.25) is 38.9 Å². The summed E-state index contributed by atoms with van der Waals surface area (Å²) >= 11 is 0. The number of hydrogen-bond acceptors (Lipinski definition) is 10. The summed E-state index contributed by atoms with van der Waals surface area (Å²) in [6.07, 6.45) is 5.17. The Hall–Kier alpha value is -6.08. The van der Waals surface area contributed by atoms with Gasteiger partial charge in [0, 0.05) is 87.8 Å². The Kier molecular flexibility index (Phi) is 16.9. The highest BCUT2D eigenvalue weighted by molar-refractivity contribution is 5.98. The fraction of sp³-hybridized carbons (Fsp3) is 0.552. The number of ether oxygens (including phenoxy) is 2. The number of nitrogens with one attached hydrogen (secondary N) is 2. The average molecular weight is 999 g/mol. The van der Waals surface area contributed by atoms with E-state index in [4.69, 9.17) is 14.5 Å². The minimum atomic E-state index is -0.927. The van der Waals surface area contributed by atoms with Crippen molar-refractivity contribution in [2.75, 3.05) is 60.5 Å². The summed E-state index contributed by atoms with van der Waals surface area (Å²) in [7, 11) is 5.52. The summed E-state index contributed by atoms with van der Waals surface area (Å²) in [5.41, 5.74) is 9.38. The van der Waals surface area contributed by atoms with Gasteiger partial charge in [-0.15, -0.1) is 0 Å². The summed E-state index contributed by atoms with van der Waals surface area (Å²) in [4.78, 5) is 79.3. The van der Waals surface area contributed by atoms with Gasteiger partial charge in [0.2, 0.25) is 11.8 Å². The topological polar surface area (TPSA) is 159 Å². The molecule has 5 heterocycles. The molecule has 392 valence electrons. The quantitative estimate of drug-likeness (QED) is 0.0819. The van der Waals surface area contributed by atoms with E-state index in [0.717, 1.165) is 62.9 Å². The Morgan fingerprint density at radius 2 is 1.70 bits per heavy atom. The number of aryl methyl sites for hydroxylation is 1. The van der Waals surface area contributed by atoms with Crippen LogP contribution in [0.2, 0.25) is 0 Å². The van der Waals surface area contributed by atoms with Crippen molar-refractivity contribution in [3.63, 3.8) is 0 Å². The maximum atomic E-state index is 14.7. The Morgan fingerprint density at radius 1 is 0.959 bits per heavy atom. The van der Waals surface area contributed by atoms with Crippen molar-refractivity contribution in [2.45, 2.75) is 131 Å². The van der Waals surface area contributed by atoms with E-state index in [9.17, 15) is 24.0 Å². The number of hydrazine groups is 1. The molecular weight excluding hydrogens is 921 g/mol. The predicted molar refractivity (Wildman–Crippen MR) is 285 cm³/mol. The first-order valence-corrected chi connectivity index (χ1v) is 26.1. The molecule has 4 amide bonds. The monoisotopic (exact) mass is 999 g/mol. The third-order valence-electron chi connectivity index (χ3n) is 15.3. The van der Waals surface area contributed by atoms with E-state index in [2.05, 4.69) is 84.3 Å². The number of likely N-dealkylation sites (tertiary alicyclic amines) is 2. The van der Waals surface area contributed by atoms with Crippen molar-refractivity contribution in [1.29, 1.82) is 0 Å². The van der Waals surface area contributed by atoms with Crippen LogP contribution in [0, 0.1) is 28.6 Å². The van der Waals surface area contributed by atoms with Crippen LogP contribution in [0.1, 0.15) is 111 Å². The minimum absolute atomic E-state index is 0.133. The lowest BCUT2D eigenvalue weighted by atomic mass is 9.84. The van der Waals surface area contributed by atoms with Crippen molar-refractivity contribution >= 4 is 40.5 Å². The second kappa shape index (κ2) is 22.6. The van der Waals surface area contributed by atoms with E-state index in [1.54, 1.807) is 28.1 Å². The molecule has 15 heteroatoms. The number of nitrogens with zero attached hydrogens (tertiary/aromatic N) is 6. The molecule has 0 unspecified atom stereocenters. The van der Waals surface area contributed by atoms with Crippen LogP contribution in [0.4, 0.5) is 0 Å². The predicted octanol–water partition coefficient (Wildman–Crippen LogP) is 7.20. The van der Waals surface area contributed by atoms with Gasteiger partial charge < -0.3 is 29.2 Å². The molecule has 73 heavy (non-hydrogen) atoms. The molecule has 7 rings (SSSR count). The van der Waals surface area contributed by atoms with Gasteiger partial charge in [0.1, 0.15) is 12.1 Å². The van der Waals surface area contributed by atoms with Gasteiger partial charge in [0.25, 0.3) is 11.8 Å². The number of fused-ring (bicyclic) bond motifs is 1. The van der Waals surface area contributed by atoms with Gasteiger partial charge in [0.05, 0.1) is 35.1 Å². The fourth-order valence-electron chi connectivity index (χ4n) is 10.7. The Labute approximate surface area is 432 Å². The molecule has 15 nitrogen and oxygen atoms in total. The highest BCUT2D eigenvalue weighted by atomic mass is 16.5. The number of hydrogen-bond donors (Lipinski definition) is 2. The number of rotatable bonds is 17. The first-order valence-electron chi connectivity index (χ1n) is 26.1. The van der Waals surface area contributed by atoms with Gasteiger partial charge in [0.15, 0.2) is 0 Å². The molecule has 2 aromatic carbocycles. The van der Waals surface area contributed by atoms with Gasteiger partial charge in [-0.1, -0.05) is 63.9 Å². The molecule has 0 radical (unpaired) electrons. The number of amides is 4. The summed E-state index contributed by atoms with van der Waals surface area (Å²) in [5, 5.41) is 5.86. The van der Waals surface area contributed by atoms with E-state index < -0.39 is 28.5 Å². The van der Waals surface area contributed by atoms with Crippen molar-refractivity contribution in [3.05, 3.63) is 77.6 Å². The summed E-state index contributed by atoms with van der Waals surface area (Å²) in [6, 6.07) is 16.9. The van der Waals surface area contributed by atoms with Crippen LogP contribution in [0.3, 0.4) is 0 Å². The van der Waals surface area contributed by atoms with Crippen LogP contribution < -0.4 is 10.7 Å². The van der Waals surface area contributed by atoms with Crippen molar-refractivity contribution in [1.82, 2.24) is 40.0 Å². The van der Waals surface area contributed by atoms with E-state index in [1.807, 2.05) is 71.8 Å². The lowest BCUT2D eigenvalue weighted by molar-refractivity contribution is -0.146.